The molecule has 162 valence electrons. The molecule has 0 aliphatic carbocycles. The SMILES string of the molecule is C[C@H]1COCCN1c1nc(-c2cnc(N)nc2)c2c(n1)N([C@@]1(C)CCNC1)CC2.Cl. The number of hydrogen-bond acceptors (Lipinski definition) is 9. The molecule has 0 unspecified atom stereocenters. The van der Waals surface area contributed by atoms with Crippen molar-refractivity contribution in [3.05, 3.63) is 18.0 Å². The number of nitrogens with one attached hydrogen (secondary N) is 1. The molecular formula is C20H29ClN8O. The second-order valence-electron chi connectivity index (χ2n) is 8.45. The molecule has 0 bridgehead atoms. The van der Waals surface area contributed by atoms with Gasteiger partial charge in [0.1, 0.15) is 5.82 Å². The van der Waals surface area contributed by atoms with E-state index in [4.69, 9.17) is 20.4 Å². The number of aromatic nitrogens is 4. The Hall–Kier alpha value is -2.23. The number of nitrogens with two attached hydrogens (primary N) is 1. The van der Waals surface area contributed by atoms with E-state index in [1.165, 1.54) is 5.56 Å². The molecule has 30 heavy (non-hydrogen) atoms. The van der Waals surface area contributed by atoms with Gasteiger partial charge < -0.3 is 25.6 Å². The first kappa shape index (κ1) is 21.0. The van der Waals surface area contributed by atoms with E-state index in [0.29, 0.717) is 13.2 Å². The number of anilines is 3. The highest BCUT2D eigenvalue weighted by atomic mass is 35.5. The van der Waals surface area contributed by atoms with Gasteiger partial charge in [-0.1, -0.05) is 0 Å². The number of rotatable bonds is 3. The lowest BCUT2D eigenvalue weighted by molar-refractivity contribution is 0.0981. The van der Waals surface area contributed by atoms with Gasteiger partial charge in [0, 0.05) is 43.2 Å². The summed E-state index contributed by atoms with van der Waals surface area (Å²) in [5.41, 5.74) is 8.76. The summed E-state index contributed by atoms with van der Waals surface area (Å²) in [5.74, 6) is 2.08. The first-order valence-corrected chi connectivity index (χ1v) is 10.4. The van der Waals surface area contributed by atoms with Crippen LogP contribution in [0.5, 0.6) is 0 Å². The molecule has 10 heteroatoms. The van der Waals surface area contributed by atoms with E-state index in [2.05, 4.69) is 38.9 Å². The highest BCUT2D eigenvalue weighted by Crippen LogP contribution is 2.40. The minimum absolute atomic E-state index is 0. The number of morpholine rings is 1. The Balaban J connectivity index is 0.00000218. The molecule has 2 aromatic heterocycles. The summed E-state index contributed by atoms with van der Waals surface area (Å²) in [4.78, 5) is 23.2. The van der Waals surface area contributed by atoms with E-state index in [1.807, 2.05) is 0 Å². The number of hydrogen-bond donors (Lipinski definition) is 2. The van der Waals surface area contributed by atoms with Crippen molar-refractivity contribution in [2.24, 2.45) is 0 Å². The molecular weight excluding hydrogens is 404 g/mol. The van der Waals surface area contributed by atoms with Crippen molar-refractivity contribution in [3.8, 4) is 11.3 Å². The largest absolute Gasteiger partial charge is 0.377 e. The Morgan fingerprint density at radius 3 is 2.73 bits per heavy atom. The second-order valence-corrected chi connectivity index (χ2v) is 8.45. The molecule has 2 atom stereocenters. The van der Waals surface area contributed by atoms with E-state index in [-0.39, 0.29) is 29.9 Å². The predicted octanol–water partition coefficient (Wildman–Crippen LogP) is 1.28. The van der Waals surface area contributed by atoms with E-state index in [9.17, 15) is 0 Å². The highest BCUT2D eigenvalue weighted by molar-refractivity contribution is 5.85. The van der Waals surface area contributed by atoms with Gasteiger partial charge in [0.05, 0.1) is 30.5 Å². The lowest BCUT2D eigenvalue weighted by atomic mass is 9.99. The molecule has 0 radical (unpaired) electrons. The molecule has 3 N–H and O–H groups in total. The van der Waals surface area contributed by atoms with Gasteiger partial charge in [0.2, 0.25) is 11.9 Å². The smallest absolute Gasteiger partial charge is 0.228 e. The monoisotopic (exact) mass is 432 g/mol. The summed E-state index contributed by atoms with van der Waals surface area (Å²) >= 11 is 0. The molecule has 0 spiro atoms. The van der Waals surface area contributed by atoms with Crippen molar-refractivity contribution < 1.29 is 4.74 Å². The summed E-state index contributed by atoms with van der Waals surface area (Å²) in [6, 6.07) is 0.232. The number of nitrogens with zero attached hydrogens (tertiary/aromatic N) is 6. The van der Waals surface area contributed by atoms with Gasteiger partial charge in [-0.25, -0.2) is 15.0 Å². The maximum atomic E-state index is 5.71. The molecule has 0 aromatic carbocycles. The minimum atomic E-state index is 0. The van der Waals surface area contributed by atoms with Crippen LogP contribution in [0.25, 0.3) is 11.3 Å². The van der Waals surface area contributed by atoms with Crippen LogP contribution in [0.3, 0.4) is 0 Å². The fourth-order valence-electron chi connectivity index (χ4n) is 4.66. The zero-order valence-electron chi connectivity index (χ0n) is 17.5. The van der Waals surface area contributed by atoms with Crippen molar-refractivity contribution in [2.45, 2.75) is 38.3 Å². The quantitative estimate of drug-likeness (QED) is 0.741. The first-order valence-electron chi connectivity index (χ1n) is 10.4. The molecule has 2 aromatic rings. The number of ether oxygens (including phenoxy) is 1. The topological polar surface area (TPSA) is 105 Å². The standard InChI is InChI=1S/C20H28N8O.ClH/c1-13-11-29-8-7-27(13)19-25-16(14-9-23-18(21)24-10-14)15-3-6-28(17(15)26-19)20(2)4-5-22-12-20;/h9-10,13,22H,3-8,11-12H2,1-2H3,(H2,21,23,24);1H/t13-,20-;/m0./s1. The number of halogens is 1. The van der Waals surface area contributed by atoms with E-state index in [0.717, 1.165) is 62.0 Å². The van der Waals surface area contributed by atoms with Gasteiger partial charge in [-0.15, -0.1) is 12.4 Å². The van der Waals surface area contributed by atoms with Gasteiger partial charge in [0.15, 0.2) is 0 Å². The van der Waals surface area contributed by atoms with Crippen LogP contribution >= 0.6 is 12.4 Å². The minimum Gasteiger partial charge on any atom is -0.377 e. The summed E-state index contributed by atoms with van der Waals surface area (Å²) in [5, 5.41) is 3.51. The summed E-state index contributed by atoms with van der Waals surface area (Å²) in [7, 11) is 0. The Labute approximate surface area is 182 Å². The third-order valence-corrected chi connectivity index (χ3v) is 6.38. The summed E-state index contributed by atoms with van der Waals surface area (Å²) in [6.07, 6.45) is 5.56. The van der Waals surface area contributed by atoms with Crippen LogP contribution in [0.2, 0.25) is 0 Å². The first-order chi connectivity index (χ1) is 14.0. The lowest BCUT2D eigenvalue weighted by Crippen LogP contribution is -2.48. The molecule has 2 fully saturated rings. The molecule has 0 saturated carbocycles. The van der Waals surface area contributed by atoms with E-state index in [1.54, 1.807) is 12.4 Å². The number of fused-ring (bicyclic) bond motifs is 1. The zero-order chi connectivity index (χ0) is 20.0. The molecule has 3 aliphatic heterocycles. The predicted molar refractivity (Wildman–Crippen MR) is 119 cm³/mol. The molecule has 5 rings (SSSR count). The Morgan fingerprint density at radius 1 is 1.23 bits per heavy atom. The van der Waals surface area contributed by atoms with Gasteiger partial charge in [-0.2, -0.15) is 4.98 Å². The van der Waals surface area contributed by atoms with Crippen molar-refractivity contribution in [3.63, 3.8) is 0 Å². The Bertz CT molecular complexity index is 902. The van der Waals surface area contributed by atoms with E-state index >= 15 is 0 Å². The second kappa shape index (κ2) is 8.13. The van der Waals surface area contributed by atoms with Crippen LogP contribution in [0.4, 0.5) is 17.7 Å². The van der Waals surface area contributed by atoms with Crippen LogP contribution in [0.15, 0.2) is 12.4 Å². The van der Waals surface area contributed by atoms with E-state index < -0.39 is 0 Å². The molecule has 2 saturated heterocycles. The zero-order valence-corrected chi connectivity index (χ0v) is 18.3. The Morgan fingerprint density at radius 2 is 2.03 bits per heavy atom. The maximum absolute atomic E-state index is 5.71. The van der Waals surface area contributed by atoms with Crippen LogP contribution < -0.4 is 20.9 Å². The van der Waals surface area contributed by atoms with Crippen molar-refractivity contribution in [1.82, 2.24) is 25.3 Å². The molecule has 9 nitrogen and oxygen atoms in total. The van der Waals surface area contributed by atoms with Crippen LogP contribution in [0, 0.1) is 0 Å². The molecule has 0 amide bonds. The normalized spacial score (nSPS) is 25.9. The lowest BCUT2D eigenvalue weighted by Gasteiger charge is -2.37. The highest BCUT2D eigenvalue weighted by Gasteiger charge is 2.41. The van der Waals surface area contributed by atoms with Gasteiger partial charge >= 0.3 is 0 Å². The van der Waals surface area contributed by atoms with Gasteiger partial charge in [0.25, 0.3) is 0 Å². The van der Waals surface area contributed by atoms with Gasteiger partial charge in [-0.05, 0) is 33.2 Å². The third kappa shape index (κ3) is 3.55. The number of nitrogen functional groups attached to an aromatic ring is 1. The molecule has 3 aliphatic rings. The third-order valence-electron chi connectivity index (χ3n) is 6.38. The van der Waals surface area contributed by atoms with Gasteiger partial charge in [-0.3, -0.25) is 0 Å². The summed E-state index contributed by atoms with van der Waals surface area (Å²) in [6.45, 7) is 9.61. The maximum Gasteiger partial charge on any atom is 0.228 e. The van der Waals surface area contributed by atoms with Crippen molar-refractivity contribution in [1.29, 1.82) is 0 Å². The average molecular weight is 433 g/mol. The fourth-order valence-corrected chi connectivity index (χ4v) is 4.66. The van der Waals surface area contributed by atoms with Crippen LogP contribution in [0.1, 0.15) is 25.8 Å². The van der Waals surface area contributed by atoms with Crippen LogP contribution in [-0.4, -0.2) is 70.9 Å². The van der Waals surface area contributed by atoms with Crippen molar-refractivity contribution >= 4 is 30.1 Å². The summed E-state index contributed by atoms with van der Waals surface area (Å²) < 4.78 is 5.62. The molecule has 5 heterocycles. The van der Waals surface area contributed by atoms with Crippen LogP contribution in [-0.2, 0) is 11.2 Å². The van der Waals surface area contributed by atoms with Crippen molar-refractivity contribution in [2.75, 3.05) is 54.9 Å². The Kier molecular flexibility index (Phi) is 5.69. The fraction of sp³-hybridized carbons (Fsp3) is 0.600. The average Bonchev–Trinajstić information content (AvgIpc) is 3.35.